The van der Waals surface area contributed by atoms with Gasteiger partial charge in [0.15, 0.2) is 0 Å². The van der Waals surface area contributed by atoms with Crippen LogP contribution in [0.2, 0.25) is 0 Å². The van der Waals surface area contributed by atoms with E-state index in [-0.39, 0.29) is 5.82 Å². The fourth-order valence-corrected chi connectivity index (χ4v) is 1.65. The summed E-state index contributed by atoms with van der Waals surface area (Å²) in [5.41, 5.74) is 0.772. The van der Waals surface area contributed by atoms with Gasteiger partial charge in [-0.25, -0.2) is 4.39 Å². The van der Waals surface area contributed by atoms with Crippen LogP contribution in [0.25, 0.3) is 0 Å². The topological polar surface area (TPSA) is 12.0 Å². The van der Waals surface area contributed by atoms with Gasteiger partial charge in [0.1, 0.15) is 5.82 Å². The van der Waals surface area contributed by atoms with Crippen molar-refractivity contribution in [3.8, 4) is 0 Å². The molecule has 86 valence electrons. The van der Waals surface area contributed by atoms with Crippen molar-refractivity contribution in [2.24, 2.45) is 0 Å². The molecular weight excluding hydrogens is 201 g/mol. The van der Waals surface area contributed by atoms with Crippen molar-refractivity contribution in [1.82, 2.24) is 5.32 Å². The van der Waals surface area contributed by atoms with Gasteiger partial charge in [0.05, 0.1) is 0 Å². The van der Waals surface area contributed by atoms with Crippen LogP contribution in [0.1, 0.15) is 24.8 Å². The van der Waals surface area contributed by atoms with E-state index in [1.807, 2.05) is 18.2 Å². The Kier molecular flexibility index (Phi) is 4.11. The minimum Gasteiger partial charge on any atom is -0.314 e. The minimum atomic E-state index is -0.108. The van der Waals surface area contributed by atoms with Crippen LogP contribution >= 0.6 is 0 Å². The summed E-state index contributed by atoms with van der Waals surface area (Å²) in [6.07, 6.45) is 8.56. The van der Waals surface area contributed by atoms with E-state index in [2.05, 4.69) is 11.4 Å². The molecule has 0 atom stereocenters. The van der Waals surface area contributed by atoms with Gasteiger partial charge in [-0.3, -0.25) is 0 Å². The van der Waals surface area contributed by atoms with Crippen molar-refractivity contribution in [2.75, 3.05) is 6.54 Å². The molecule has 0 spiro atoms. The van der Waals surface area contributed by atoms with Crippen LogP contribution in [0.15, 0.2) is 36.4 Å². The molecule has 0 radical (unpaired) electrons. The Morgan fingerprint density at radius 3 is 2.81 bits per heavy atom. The second-order valence-corrected chi connectivity index (χ2v) is 4.28. The van der Waals surface area contributed by atoms with E-state index < -0.39 is 0 Å². The zero-order valence-electron chi connectivity index (χ0n) is 9.45. The van der Waals surface area contributed by atoms with Crippen molar-refractivity contribution in [3.05, 3.63) is 47.8 Å². The summed E-state index contributed by atoms with van der Waals surface area (Å²) in [6, 6.07) is 7.73. The van der Waals surface area contributed by atoms with Crippen molar-refractivity contribution >= 4 is 0 Å². The second-order valence-electron chi connectivity index (χ2n) is 4.28. The Hall–Kier alpha value is -1.15. The third kappa shape index (κ3) is 3.78. The Morgan fingerprint density at radius 2 is 2.06 bits per heavy atom. The molecule has 1 aromatic carbocycles. The normalized spacial score (nSPS) is 15.8. The maximum atomic E-state index is 13.2. The SMILES string of the molecule is Fc1ccccc1CC=CCCNC1CC1. The van der Waals surface area contributed by atoms with Crippen molar-refractivity contribution in [2.45, 2.75) is 31.7 Å². The number of rotatable bonds is 6. The zero-order chi connectivity index (χ0) is 11.2. The molecule has 2 rings (SSSR count). The lowest BCUT2D eigenvalue weighted by Crippen LogP contribution is -2.16. The highest BCUT2D eigenvalue weighted by molar-refractivity contribution is 5.19. The number of halogens is 1. The predicted octanol–water partition coefficient (Wildman–Crippen LogP) is 3.07. The molecule has 0 saturated heterocycles. The van der Waals surface area contributed by atoms with Crippen LogP contribution in [0.3, 0.4) is 0 Å². The molecule has 1 aliphatic carbocycles. The zero-order valence-corrected chi connectivity index (χ0v) is 9.45. The van der Waals surface area contributed by atoms with E-state index in [9.17, 15) is 4.39 Å². The van der Waals surface area contributed by atoms with E-state index in [0.717, 1.165) is 24.6 Å². The van der Waals surface area contributed by atoms with Crippen LogP contribution in [-0.4, -0.2) is 12.6 Å². The third-order valence-electron chi connectivity index (χ3n) is 2.78. The summed E-state index contributed by atoms with van der Waals surface area (Å²) in [4.78, 5) is 0. The molecule has 2 heteroatoms. The molecule has 1 saturated carbocycles. The average molecular weight is 219 g/mol. The summed E-state index contributed by atoms with van der Waals surface area (Å²) in [5, 5.41) is 3.44. The Bertz CT molecular complexity index is 356. The number of hydrogen-bond donors (Lipinski definition) is 1. The smallest absolute Gasteiger partial charge is 0.126 e. The quantitative estimate of drug-likeness (QED) is 0.572. The van der Waals surface area contributed by atoms with Gasteiger partial charge in [-0.2, -0.15) is 0 Å². The van der Waals surface area contributed by atoms with Crippen molar-refractivity contribution in [3.63, 3.8) is 0 Å². The highest BCUT2D eigenvalue weighted by atomic mass is 19.1. The standard InChI is InChI=1S/C14H18FN/c15-14-8-4-3-7-12(14)6-2-1-5-11-16-13-9-10-13/h1-4,7-8,13,16H,5-6,9-11H2. The van der Waals surface area contributed by atoms with Crippen LogP contribution in [0.5, 0.6) is 0 Å². The summed E-state index contributed by atoms with van der Waals surface area (Å²) in [7, 11) is 0. The van der Waals surface area contributed by atoms with Crippen molar-refractivity contribution in [1.29, 1.82) is 0 Å². The molecule has 16 heavy (non-hydrogen) atoms. The molecule has 1 N–H and O–H groups in total. The van der Waals surface area contributed by atoms with E-state index in [1.165, 1.54) is 18.9 Å². The Morgan fingerprint density at radius 1 is 1.25 bits per heavy atom. The van der Waals surface area contributed by atoms with Gasteiger partial charge in [-0.05, 0) is 43.9 Å². The predicted molar refractivity (Wildman–Crippen MR) is 64.9 cm³/mol. The fraction of sp³-hybridized carbons (Fsp3) is 0.429. The van der Waals surface area contributed by atoms with Crippen LogP contribution in [0.4, 0.5) is 4.39 Å². The summed E-state index contributed by atoms with van der Waals surface area (Å²) in [6.45, 7) is 1.04. The number of allylic oxidation sites excluding steroid dienone is 1. The minimum absolute atomic E-state index is 0.108. The first-order valence-electron chi connectivity index (χ1n) is 5.98. The highest BCUT2D eigenvalue weighted by Crippen LogP contribution is 2.18. The van der Waals surface area contributed by atoms with Gasteiger partial charge < -0.3 is 5.32 Å². The summed E-state index contributed by atoms with van der Waals surface area (Å²) < 4.78 is 13.2. The average Bonchev–Trinajstić information content (AvgIpc) is 3.09. The number of nitrogens with one attached hydrogen (secondary N) is 1. The van der Waals surface area contributed by atoms with Gasteiger partial charge in [-0.1, -0.05) is 30.4 Å². The van der Waals surface area contributed by atoms with E-state index in [4.69, 9.17) is 0 Å². The largest absolute Gasteiger partial charge is 0.314 e. The highest BCUT2D eigenvalue weighted by Gasteiger charge is 2.19. The van der Waals surface area contributed by atoms with Gasteiger partial charge >= 0.3 is 0 Å². The lowest BCUT2D eigenvalue weighted by Gasteiger charge is -1.99. The first-order chi connectivity index (χ1) is 7.86. The van der Waals surface area contributed by atoms with Crippen molar-refractivity contribution < 1.29 is 4.39 Å². The molecule has 0 heterocycles. The number of hydrogen-bond acceptors (Lipinski definition) is 1. The molecule has 1 fully saturated rings. The molecule has 1 aliphatic rings. The third-order valence-corrected chi connectivity index (χ3v) is 2.78. The van der Waals surface area contributed by atoms with E-state index >= 15 is 0 Å². The van der Waals surface area contributed by atoms with Gasteiger partial charge in [0, 0.05) is 6.04 Å². The Labute approximate surface area is 96.4 Å². The lowest BCUT2D eigenvalue weighted by molar-refractivity contribution is 0.614. The fourth-order valence-electron chi connectivity index (χ4n) is 1.65. The number of benzene rings is 1. The van der Waals surface area contributed by atoms with E-state index in [1.54, 1.807) is 6.07 Å². The molecule has 0 bridgehead atoms. The Balaban J connectivity index is 1.65. The molecule has 0 unspecified atom stereocenters. The monoisotopic (exact) mass is 219 g/mol. The molecule has 0 aliphatic heterocycles. The van der Waals surface area contributed by atoms with Crippen LogP contribution < -0.4 is 5.32 Å². The lowest BCUT2D eigenvalue weighted by atomic mass is 10.1. The summed E-state index contributed by atoms with van der Waals surface area (Å²) in [5.74, 6) is -0.108. The van der Waals surface area contributed by atoms with Crippen LogP contribution in [-0.2, 0) is 6.42 Å². The molecule has 0 aromatic heterocycles. The van der Waals surface area contributed by atoms with Gasteiger partial charge in [0.25, 0.3) is 0 Å². The van der Waals surface area contributed by atoms with Gasteiger partial charge in [0.2, 0.25) is 0 Å². The maximum absolute atomic E-state index is 13.2. The summed E-state index contributed by atoms with van der Waals surface area (Å²) >= 11 is 0. The van der Waals surface area contributed by atoms with Crippen LogP contribution in [0, 0.1) is 5.82 Å². The van der Waals surface area contributed by atoms with Gasteiger partial charge in [-0.15, -0.1) is 0 Å². The molecule has 0 amide bonds. The molecule has 1 nitrogen and oxygen atoms in total. The first kappa shape index (κ1) is 11.3. The molecular formula is C14H18FN. The first-order valence-corrected chi connectivity index (χ1v) is 5.98. The maximum Gasteiger partial charge on any atom is 0.126 e. The molecule has 1 aromatic rings. The van der Waals surface area contributed by atoms with E-state index in [0.29, 0.717) is 6.42 Å². The second kappa shape index (κ2) is 5.80.